The molecule has 66 valence electrons. The van der Waals surface area contributed by atoms with Crippen LogP contribution >= 0.6 is 0 Å². The van der Waals surface area contributed by atoms with Crippen LogP contribution in [0.2, 0.25) is 0 Å². The van der Waals surface area contributed by atoms with E-state index in [-0.39, 0.29) is 30.1 Å². The Hall–Kier alpha value is -0.130. The van der Waals surface area contributed by atoms with Gasteiger partial charge in [-0.3, -0.25) is 0 Å². The maximum atomic E-state index is 11.0. The lowest BCUT2D eigenvalue weighted by atomic mass is 10.00. The highest BCUT2D eigenvalue weighted by Gasteiger charge is 2.29. The molecule has 1 saturated heterocycles. The lowest BCUT2D eigenvalue weighted by molar-refractivity contribution is 0.202. The molecule has 0 radical (unpaired) electrons. The Morgan fingerprint density at radius 3 is 2.64 bits per heavy atom. The summed E-state index contributed by atoms with van der Waals surface area (Å²) >= 11 is 0. The first-order valence-corrected chi connectivity index (χ1v) is 5.44. The number of hydrogen-bond acceptors (Lipinski definition) is 4. The molecule has 0 spiro atoms. The first kappa shape index (κ1) is 8.96. The zero-order chi connectivity index (χ0) is 8.48. The maximum absolute atomic E-state index is 11.0. The summed E-state index contributed by atoms with van der Waals surface area (Å²) in [4.78, 5) is 0. The van der Waals surface area contributed by atoms with Crippen molar-refractivity contribution in [2.75, 3.05) is 18.1 Å². The lowest BCUT2D eigenvalue weighted by Gasteiger charge is -2.26. The van der Waals surface area contributed by atoms with Crippen LogP contribution in [0.4, 0.5) is 0 Å². The van der Waals surface area contributed by atoms with Crippen LogP contribution in [0.25, 0.3) is 0 Å². The molecule has 0 aromatic heterocycles. The minimum Gasteiger partial charge on any atom is -0.396 e. The van der Waals surface area contributed by atoms with Crippen LogP contribution in [-0.2, 0) is 9.84 Å². The van der Waals surface area contributed by atoms with Gasteiger partial charge in [-0.15, -0.1) is 0 Å². The molecule has 0 aliphatic carbocycles. The molecule has 1 heterocycles. The van der Waals surface area contributed by atoms with Crippen molar-refractivity contribution in [3.63, 3.8) is 0 Å². The van der Waals surface area contributed by atoms with Crippen molar-refractivity contribution in [3.05, 3.63) is 0 Å². The van der Waals surface area contributed by atoms with E-state index in [0.717, 1.165) is 0 Å². The third-order valence-corrected chi connectivity index (χ3v) is 3.84. The molecule has 0 bridgehead atoms. The molecule has 5 heteroatoms. The SMILES string of the molecule is NC1CS(=O)(=O)CCC1CO. The summed E-state index contributed by atoms with van der Waals surface area (Å²) in [6.07, 6.45) is 0.500. The molecule has 1 aliphatic heterocycles. The van der Waals surface area contributed by atoms with Crippen LogP contribution < -0.4 is 5.73 Å². The molecule has 0 amide bonds. The van der Waals surface area contributed by atoms with Gasteiger partial charge in [-0.2, -0.15) is 0 Å². The van der Waals surface area contributed by atoms with Gasteiger partial charge in [0.2, 0.25) is 0 Å². The quantitative estimate of drug-likeness (QED) is 0.526. The van der Waals surface area contributed by atoms with Crippen molar-refractivity contribution in [2.45, 2.75) is 12.5 Å². The van der Waals surface area contributed by atoms with Crippen molar-refractivity contribution in [3.8, 4) is 0 Å². The Labute approximate surface area is 66.3 Å². The van der Waals surface area contributed by atoms with Crippen LogP contribution in [0.5, 0.6) is 0 Å². The summed E-state index contributed by atoms with van der Waals surface area (Å²) < 4.78 is 21.9. The summed E-state index contributed by atoms with van der Waals surface area (Å²) in [7, 11) is -2.91. The van der Waals surface area contributed by atoms with Gasteiger partial charge in [0, 0.05) is 12.6 Å². The lowest BCUT2D eigenvalue weighted by Crippen LogP contribution is -2.44. The van der Waals surface area contributed by atoms with E-state index in [0.29, 0.717) is 6.42 Å². The van der Waals surface area contributed by atoms with Gasteiger partial charge in [-0.1, -0.05) is 0 Å². The second-order valence-corrected chi connectivity index (χ2v) is 5.24. The summed E-state index contributed by atoms with van der Waals surface area (Å²) in [5.41, 5.74) is 5.53. The van der Waals surface area contributed by atoms with Crippen LogP contribution in [-0.4, -0.2) is 37.7 Å². The highest BCUT2D eigenvalue weighted by Crippen LogP contribution is 2.16. The van der Waals surface area contributed by atoms with E-state index < -0.39 is 9.84 Å². The summed E-state index contributed by atoms with van der Waals surface area (Å²) in [5, 5.41) is 8.76. The summed E-state index contributed by atoms with van der Waals surface area (Å²) in [6.45, 7) is -0.00329. The molecular formula is C6H13NO3S. The van der Waals surface area contributed by atoms with Crippen molar-refractivity contribution >= 4 is 9.84 Å². The van der Waals surface area contributed by atoms with E-state index in [1.54, 1.807) is 0 Å². The standard InChI is InChI=1S/C6H13NO3S/c7-6-4-11(9,10)2-1-5(6)3-8/h5-6,8H,1-4,7H2. The Morgan fingerprint density at radius 1 is 1.55 bits per heavy atom. The van der Waals surface area contributed by atoms with E-state index in [2.05, 4.69) is 0 Å². The van der Waals surface area contributed by atoms with Gasteiger partial charge in [0.1, 0.15) is 0 Å². The Morgan fingerprint density at radius 2 is 2.18 bits per heavy atom. The van der Waals surface area contributed by atoms with Crippen molar-refractivity contribution in [2.24, 2.45) is 11.7 Å². The van der Waals surface area contributed by atoms with E-state index in [9.17, 15) is 8.42 Å². The summed E-state index contributed by atoms with van der Waals surface area (Å²) in [6, 6.07) is -0.376. The van der Waals surface area contributed by atoms with Gasteiger partial charge in [0.15, 0.2) is 9.84 Å². The average molecular weight is 179 g/mol. The maximum Gasteiger partial charge on any atom is 0.151 e. The zero-order valence-electron chi connectivity index (χ0n) is 6.23. The molecule has 1 aliphatic rings. The number of hydrogen-bond donors (Lipinski definition) is 2. The first-order chi connectivity index (χ1) is 5.05. The predicted molar refractivity (Wildman–Crippen MR) is 41.8 cm³/mol. The second-order valence-electron chi connectivity index (χ2n) is 3.01. The van der Waals surface area contributed by atoms with Crippen molar-refractivity contribution < 1.29 is 13.5 Å². The molecule has 2 atom stereocenters. The fourth-order valence-corrected chi connectivity index (χ4v) is 2.97. The monoisotopic (exact) mass is 179 g/mol. The van der Waals surface area contributed by atoms with Crippen LogP contribution in [0, 0.1) is 5.92 Å². The number of nitrogens with two attached hydrogens (primary N) is 1. The van der Waals surface area contributed by atoms with Gasteiger partial charge in [-0.05, 0) is 12.3 Å². The Balaban J connectivity index is 2.62. The fourth-order valence-electron chi connectivity index (χ4n) is 1.28. The predicted octanol–water partition coefficient (Wildman–Crippen LogP) is -1.26. The van der Waals surface area contributed by atoms with Crippen molar-refractivity contribution in [1.29, 1.82) is 0 Å². The van der Waals surface area contributed by atoms with E-state index in [1.165, 1.54) is 0 Å². The topological polar surface area (TPSA) is 80.4 Å². The fraction of sp³-hybridized carbons (Fsp3) is 1.00. The Bertz CT molecular complexity index is 224. The number of rotatable bonds is 1. The molecule has 11 heavy (non-hydrogen) atoms. The zero-order valence-corrected chi connectivity index (χ0v) is 7.05. The van der Waals surface area contributed by atoms with E-state index >= 15 is 0 Å². The molecule has 4 nitrogen and oxygen atoms in total. The minimum absolute atomic E-state index is 0.00329. The molecule has 0 aromatic rings. The molecule has 3 N–H and O–H groups in total. The molecular weight excluding hydrogens is 166 g/mol. The van der Waals surface area contributed by atoms with Crippen LogP contribution in [0.1, 0.15) is 6.42 Å². The number of sulfone groups is 1. The molecule has 0 aromatic carbocycles. The first-order valence-electron chi connectivity index (χ1n) is 3.62. The van der Waals surface area contributed by atoms with Gasteiger partial charge in [0.05, 0.1) is 11.5 Å². The van der Waals surface area contributed by atoms with Gasteiger partial charge in [0.25, 0.3) is 0 Å². The average Bonchev–Trinajstić information content (AvgIpc) is 1.86. The summed E-state index contributed by atoms with van der Waals surface area (Å²) in [5.74, 6) is 0.169. The van der Waals surface area contributed by atoms with Gasteiger partial charge >= 0.3 is 0 Å². The van der Waals surface area contributed by atoms with Crippen LogP contribution in [0.3, 0.4) is 0 Å². The molecule has 1 fully saturated rings. The molecule has 1 rings (SSSR count). The van der Waals surface area contributed by atoms with Crippen molar-refractivity contribution in [1.82, 2.24) is 0 Å². The van der Waals surface area contributed by atoms with E-state index in [1.807, 2.05) is 0 Å². The third kappa shape index (κ3) is 2.15. The molecule has 2 unspecified atom stereocenters. The Kier molecular flexibility index (Phi) is 2.51. The molecule has 0 saturated carbocycles. The third-order valence-electron chi connectivity index (χ3n) is 2.09. The van der Waals surface area contributed by atoms with Crippen LogP contribution in [0.15, 0.2) is 0 Å². The number of aliphatic hydroxyl groups excluding tert-OH is 1. The highest BCUT2D eigenvalue weighted by molar-refractivity contribution is 7.91. The van der Waals surface area contributed by atoms with Gasteiger partial charge in [-0.25, -0.2) is 8.42 Å². The largest absolute Gasteiger partial charge is 0.396 e. The van der Waals surface area contributed by atoms with E-state index in [4.69, 9.17) is 10.8 Å². The highest BCUT2D eigenvalue weighted by atomic mass is 32.2. The minimum atomic E-state index is -2.91. The van der Waals surface area contributed by atoms with Gasteiger partial charge < -0.3 is 10.8 Å². The number of aliphatic hydroxyl groups is 1. The normalized spacial score (nSPS) is 36.9. The second kappa shape index (κ2) is 3.08. The smallest absolute Gasteiger partial charge is 0.151 e.